The number of alkyl halides is 1. The number of methoxy groups -OCH3 is 1. The zero-order valence-electron chi connectivity index (χ0n) is 20.7. The standard InChI is InChI=1S/C27H47ClO4/c1-4-5-12-21(2)13-11-14-22-18-19-24(28)23(22)15-7-6-8-16-25(27(29)30-3)32-26-17-9-10-20-31-26/h11,14,21-26H,4-10,12-13,15-20H2,1-3H3/t21?,22-,23+,24?,25?,26?/m0/s1. The number of carbonyl (C=O) groups excluding carboxylic acids is 1. The highest BCUT2D eigenvalue weighted by Gasteiger charge is 2.32. The van der Waals surface area contributed by atoms with Crippen LogP contribution in [-0.2, 0) is 19.0 Å². The maximum Gasteiger partial charge on any atom is 0.335 e. The zero-order chi connectivity index (χ0) is 23.2. The van der Waals surface area contributed by atoms with Crippen LogP contribution in [0.15, 0.2) is 12.2 Å². The molecule has 0 amide bonds. The van der Waals surface area contributed by atoms with Crippen molar-refractivity contribution >= 4 is 17.6 Å². The van der Waals surface area contributed by atoms with Gasteiger partial charge in [-0.25, -0.2) is 4.79 Å². The summed E-state index contributed by atoms with van der Waals surface area (Å²) in [5.41, 5.74) is 0. The summed E-state index contributed by atoms with van der Waals surface area (Å²) in [6.45, 7) is 5.34. The monoisotopic (exact) mass is 470 g/mol. The molecule has 0 aromatic carbocycles. The van der Waals surface area contributed by atoms with Gasteiger partial charge in [0.05, 0.1) is 7.11 Å². The smallest absolute Gasteiger partial charge is 0.335 e. The summed E-state index contributed by atoms with van der Waals surface area (Å²) < 4.78 is 16.5. The number of ether oxygens (including phenoxy) is 3. The Kier molecular flexibility index (Phi) is 13.9. The van der Waals surface area contributed by atoms with E-state index < -0.39 is 6.10 Å². The van der Waals surface area contributed by atoms with Gasteiger partial charge in [-0.1, -0.05) is 64.5 Å². The fourth-order valence-corrected chi connectivity index (χ4v) is 5.54. The van der Waals surface area contributed by atoms with Crippen LogP contribution >= 0.6 is 11.6 Å². The molecule has 32 heavy (non-hydrogen) atoms. The minimum atomic E-state index is -0.513. The van der Waals surface area contributed by atoms with Crippen molar-refractivity contribution in [3.8, 4) is 0 Å². The Morgan fingerprint density at radius 3 is 2.69 bits per heavy atom. The largest absolute Gasteiger partial charge is 0.467 e. The quantitative estimate of drug-likeness (QED) is 0.108. The van der Waals surface area contributed by atoms with Crippen molar-refractivity contribution in [1.29, 1.82) is 0 Å². The molecule has 1 aliphatic carbocycles. The molecule has 0 aromatic heterocycles. The van der Waals surface area contributed by atoms with E-state index in [2.05, 4.69) is 26.0 Å². The van der Waals surface area contributed by atoms with Gasteiger partial charge in [-0.3, -0.25) is 0 Å². The lowest BCUT2D eigenvalue weighted by molar-refractivity contribution is -0.203. The third-order valence-electron chi connectivity index (χ3n) is 7.18. The van der Waals surface area contributed by atoms with Crippen molar-refractivity contribution in [2.45, 2.75) is 122 Å². The van der Waals surface area contributed by atoms with E-state index in [4.69, 9.17) is 25.8 Å². The molecule has 2 rings (SSSR count). The van der Waals surface area contributed by atoms with Crippen LogP contribution in [0.1, 0.15) is 104 Å². The Labute approximate surface area is 201 Å². The molecule has 2 fully saturated rings. The molecule has 5 heteroatoms. The van der Waals surface area contributed by atoms with Crippen molar-refractivity contribution in [2.24, 2.45) is 17.8 Å². The molecule has 1 aliphatic heterocycles. The van der Waals surface area contributed by atoms with Gasteiger partial charge < -0.3 is 14.2 Å². The number of carbonyl (C=O) groups is 1. The van der Waals surface area contributed by atoms with Crippen molar-refractivity contribution in [1.82, 2.24) is 0 Å². The van der Waals surface area contributed by atoms with Gasteiger partial charge in [-0.15, -0.1) is 11.6 Å². The van der Waals surface area contributed by atoms with Gasteiger partial charge in [0.1, 0.15) is 0 Å². The normalized spacial score (nSPS) is 28.1. The predicted molar refractivity (Wildman–Crippen MR) is 132 cm³/mol. The van der Waals surface area contributed by atoms with Gasteiger partial charge in [-0.2, -0.15) is 0 Å². The van der Waals surface area contributed by atoms with Crippen LogP contribution < -0.4 is 0 Å². The Morgan fingerprint density at radius 1 is 1.12 bits per heavy atom. The maximum atomic E-state index is 12.1. The predicted octanol–water partition coefficient (Wildman–Crippen LogP) is 7.43. The van der Waals surface area contributed by atoms with Crippen LogP contribution in [-0.4, -0.2) is 37.5 Å². The molecule has 6 atom stereocenters. The number of unbranched alkanes of at least 4 members (excludes halogenated alkanes) is 3. The Bertz CT molecular complexity index is 532. The van der Waals surface area contributed by atoms with Gasteiger partial charge in [-0.05, 0) is 69.1 Å². The van der Waals surface area contributed by atoms with Gasteiger partial charge in [0.25, 0.3) is 0 Å². The molecule has 0 N–H and O–H groups in total. The average Bonchev–Trinajstić information content (AvgIpc) is 3.16. The van der Waals surface area contributed by atoms with Crippen molar-refractivity contribution in [3.05, 3.63) is 12.2 Å². The summed E-state index contributed by atoms with van der Waals surface area (Å²) in [4.78, 5) is 12.1. The number of allylic oxidation sites excluding steroid dienone is 2. The SMILES string of the molecule is CCCCC(C)CC=C[C@H]1CCC(Cl)[C@@H]1CCCCCC(OC1CCCCO1)C(=O)OC. The fraction of sp³-hybridized carbons (Fsp3) is 0.889. The van der Waals surface area contributed by atoms with Crippen molar-refractivity contribution < 1.29 is 19.0 Å². The van der Waals surface area contributed by atoms with E-state index in [9.17, 15) is 4.79 Å². The molecule has 186 valence electrons. The third-order valence-corrected chi connectivity index (χ3v) is 7.73. The zero-order valence-corrected chi connectivity index (χ0v) is 21.5. The first-order chi connectivity index (χ1) is 15.5. The molecule has 4 nitrogen and oxygen atoms in total. The second kappa shape index (κ2) is 16.1. The molecule has 0 spiro atoms. The number of rotatable bonds is 15. The Hall–Kier alpha value is -0.580. The van der Waals surface area contributed by atoms with E-state index >= 15 is 0 Å². The van der Waals surface area contributed by atoms with Crippen molar-refractivity contribution in [2.75, 3.05) is 13.7 Å². The molecule has 4 unspecified atom stereocenters. The summed E-state index contributed by atoms with van der Waals surface area (Å²) >= 11 is 6.69. The second-order valence-electron chi connectivity index (χ2n) is 9.91. The number of hydrogen-bond donors (Lipinski definition) is 0. The van der Waals surface area contributed by atoms with Gasteiger partial charge in [0.2, 0.25) is 0 Å². The van der Waals surface area contributed by atoms with Crippen LogP contribution in [0.3, 0.4) is 0 Å². The highest BCUT2D eigenvalue weighted by molar-refractivity contribution is 6.21. The van der Waals surface area contributed by atoms with E-state index in [0.717, 1.165) is 50.9 Å². The van der Waals surface area contributed by atoms with Crippen LogP contribution in [0.2, 0.25) is 0 Å². The fourth-order valence-electron chi connectivity index (χ4n) is 5.10. The Morgan fingerprint density at radius 2 is 1.97 bits per heavy atom. The van der Waals surface area contributed by atoms with E-state index in [1.807, 2.05) is 0 Å². The van der Waals surface area contributed by atoms with E-state index in [0.29, 0.717) is 30.2 Å². The lowest BCUT2D eigenvalue weighted by Crippen LogP contribution is -2.33. The van der Waals surface area contributed by atoms with Gasteiger partial charge in [0, 0.05) is 12.0 Å². The highest BCUT2D eigenvalue weighted by atomic mass is 35.5. The summed E-state index contributed by atoms with van der Waals surface area (Å²) in [7, 11) is 1.43. The molecular weight excluding hydrogens is 424 g/mol. The minimum absolute atomic E-state index is 0.263. The number of halogens is 1. The highest BCUT2D eigenvalue weighted by Crippen LogP contribution is 2.40. The van der Waals surface area contributed by atoms with Crippen LogP contribution in [0.25, 0.3) is 0 Å². The minimum Gasteiger partial charge on any atom is -0.467 e. The van der Waals surface area contributed by atoms with Gasteiger partial charge >= 0.3 is 5.97 Å². The lowest BCUT2D eigenvalue weighted by Gasteiger charge is -2.26. The van der Waals surface area contributed by atoms with Gasteiger partial charge in [0.15, 0.2) is 12.4 Å². The molecule has 0 radical (unpaired) electrons. The first-order valence-electron chi connectivity index (χ1n) is 13.2. The summed E-state index contributed by atoms with van der Waals surface area (Å²) in [6, 6.07) is 0. The lowest BCUT2D eigenvalue weighted by atomic mass is 9.89. The van der Waals surface area contributed by atoms with E-state index in [1.165, 1.54) is 45.6 Å². The molecular formula is C27H47ClO4. The van der Waals surface area contributed by atoms with Crippen LogP contribution in [0.4, 0.5) is 0 Å². The van der Waals surface area contributed by atoms with Crippen LogP contribution in [0.5, 0.6) is 0 Å². The Balaban J connectivity index is 1.68. The number of esters is 1. The van der Waals surface area contributed by atoms with Crippen LogP contribution in [0, 0.1) is 17.8 Å². The maximum absolute atomic E-state index is 12.1. The summed E-state index contributed by atoms with van der Waals surface area (Å²) in [6.07, 6.45) is 19.7. The first-order valence-corrected chi connectivity index (χ1v) is 13.6. The summed E-state index contributed by atoms with van der Waals surface area (Å²) in [5, 5.41) is 0.303. The van der Waals surface area contributed by atoms with Crippen molar-refractivity contribution in [3.63, 3.8) is 0 Å². The molecule has 1 saturated carbocycles. The average molecular weight is 471 g/mol. The molecule has 1 saturated heterocycles. The molecule has 1 heterocycles. The molecule has 0 bridgehead atoms. The molecule has 0 aromatic rings. The number of hydrogen-bond acceptors (Lipinski definition) is 4. The molecule has 2 aliphatic rings. The second-order valence-corrected chi connectivity index (χ2v) is 10.5. The van der Waals surface area contributed by atoms with E-state index in [1.54, 1.807) is 0 Å². The van der Waals surface area contributed by atoms with E-state index in [-0.39, 0.29) is 12.3 Å². The first kappa shape index (κ1) is 27.7. The third kappa shape index (κ3) is 10.1. The summed E-state index contributed by atoms with van der Waals surface area (Å²) in [5.74, 6) is 1.71. The topological polar surface area (TPSA) is 44.8 Å².